The van der Waals surface area contributed by atoms with Crippen molar-refractivity contribution in [2.45, 2.75) is 19.4 Å². The SMILES string of the molecule is CNCCCC(=O)N(Cc1ccc(OC)cc1OC)c1nccs1.Cl. The van der Waals surface area contributed by atoms with Gasteiger partial charge >= 0.3 is 0 Å². The Morgan fingerprint density at radius 3 is 2.72 bits per heavy atom. The van der Waals surface area contributed by atoms with Crippen LogP contribution in [0.25, 0.3) is 0 Å². The molecule has 1 heterocycles. The Morgan fingerprint density at radius 2 is 2.12 bits per heavy atom. The number of carbonyl (C=O) groups excluding carboxylic acids is 1. The molecule has 0 aliphatic heterocycles. The molecule has 0 aliphatic carbocycles. The van der Waals surface area contributed by atoms with Gasteiger partial charge in [0.05, 0.1) is 20.8 Å². The van der Waals surface area contributed by atoms with Gasteiger partial charge in [0, 0.05) is 29.6 Å². The standard InChI is InChI=1S/C17H23N3O3S.ClH/c1-18-8-4-5-16(21)20(17-19-9-10-24-17)12-13-6-7-14(22-2)11-15(13)23-3;/h6-7,9-11,18H,4-5,8,12H2,1-3H3;1H. The molecule has 0 aliphatic rings. The summed E-state index contributed by atoms with van der Waals surface area (Å²) in [4.78, 5) is 18.6. The number of hydrogen-bond donors (Lipinski definition) is 1. The summed E-state index contributed by atoms with van der Waals surface area (Å²) in [7, 11) is 5.10. The molecule has 1 aromatic heterocycles. The maximum Gasteiger partial charge on any atom is 0.229 e. The smallest absolute Gasteiger partial charge is 0.229 e. The number of nitrogens with zero attached hydrogens (tertiary/aromatic N) is 2. The van der Waals surface area contributed by atoms with Gasteiger partial charge in [-0.3, -0.25) is 9.69 Å². The number of ether oxygens (including phenoxy) is 2. The summed E-state index contributed by atoms with van der Waals surface area (Å²) in [5.74, 6) is 1.47. The molecule has 0 radical (unpaired) electrons. The van der Waals surface area contributed by atoms with E-state index in [1.165, 1.54) is 11.3 Å². The zero-order valence-corrected chi connectivity index (χ0v) is 16.3. The molecular formula is C17H24ClN3O3S. The summed E-state index contributed by atoms with van der Waals surface area (Å²) in [5, 5.41) is 5.63. The number of amides is 1. The third kappa shape index (κ3) is 5.88. The van der Waals surface area contributed by atoms with Gasteiger partial charge in [-0.05, 0) is 32.1 Å². The van der Waals surface area contributed by atoms with Gasteiger partial charge < -0.3 is 14.8 Å². The van der Waals surface area contributed by atoms with E-state index < -0.39 is 0 Å². The summed E-state index contributed by atoms with van der Waals surface area (Å²) in [6.45, 7) is 1.22. The third-order valence-corrected chi connectivity index (χ3v) is 4.39. The van der Waals surface area contributed by atoms with Crippen molar-refractivity contribution in [3.05, 3.63) is 35.3 Å². The summed E-state index contributed by atoms with van der Waals surface area (Å²) in [5.41, 5.74) is 0.912. The Hall–Kier alpha value is -1.83. The number of rotatable bonds is 9. The predicted octanol–water partition coefficient (Wildman–Crippen LogP) is 3.11. The number of thiazole rings is 1. The van der Waals surface area contributed by atoms with Crippen LogP contribution in [0.5, 0.6) is 11.5 Å². The van der Waals surface area contributed by atoms with Gasteiger partial charge in [0.15, 0.2) is 5.13 Å². The molecule has 0 fully saturated rings. The first kappa shape index (κ1) is 21.2. The van der Waals surface area contributed by atoms with E-state index in [-0.39, 0.29) is 18.3 Å². The lowest BCUT2D eigenvalue weighted by atomic mass is 10.1. The van der Waals surface area contributed by atoms with Crippen molar-refractivity contribution in [1.82, 2.24) is 10.3 Å². The molecule has 0 bridgehead atoms. The first-order valence-electron chi connectivity index (χ1n) is 7.75. The Balaban J connectivity index is 0.00000312. The van der Waals surface area contributed by atoms with Gasteiger partial charge in [0.1, 0.15) is 11.5 Å². The normalized spacial score (nSPS) is 10.0. The number of anilines is 1. The molecular weight excluding hydrogens is 362 g/mol. The highest BCUT2D eigenvalue weighted by Gasteiger charge is 2.20. The minimum atomic E-state index is 0. The van der Waals surface area contributed by atoms with E-state index in [1.54, 1.807) is 25.3 Å². The molecule has 0 atom stereocenters. The fourth-order valence-electron chi connectivity index (χ4n) is 2.32. The fourth-order valence-corrected chi connectivity index (χ4v) is 2.97. The molecule has 1 N–H and O–H groups in total. The van der Waals surface area contributed by atoms with Crippen LogP contribution in [0.1, 0.15) is 18.4 Å². The van der Waals surface area contributed by atoms with Gasteiger partial charge in [0.2, 0.25) is 5.91 Å². The lowest BCUT2D eigenvalue weighted by Crippen LogP contribution is -2.30. The van der Waals surface area contributed by atoms with Crippen molar-refractivity contribution in [2.24, 2.45) is 0 Å². The van der Waals surface area contributed by atoms with Gasteiger partial charge in [-0.1, -0.05) is 0 Å². The third-order valence-electron chi connectivity index (χ3n) is 3.59. The van der Waals surface area contributed by atoms with Crippen LogP contribution in [0, 0.1) is 0 Å². The minimum absolute atomic E-state index is 0. The molecule has 2 rings (SSSR count). The largest absolute Gasteiger partial charge is 0.497 e. The Bertz CT molecular complexity index is 653. The van der Waals surface area contributed by atoms with E-state index in [0.717, 1.165) is 24.3 Å². The highest BCUT2D eigenvalue weighted by atomic mass is 35.5. The second-order valence-electron chi connectivity index (χ2n) is 5.18. The average Bonchev–Trinajstić information content (AvgIpc) is 3.14. The van der Waals surface area contributed by atoms with E-state index in [2.05, 4.69) is 10.3 Å². The van der Waals surface area contributed by atoms with Gasteiger partial charge in [-0.15, -0.1) is 23.7 Å². The van der Waals surface area contributed by atoms with Crippen molar-refractivity contribution in [3.63, 3.8) is 0 Å². The van der Waals surface area contributed by atoms with E-state index in [4.69, 9.17) is 9.47 Å². The highest BCUT2D eigenvalue weighted by molar-refractivity contribution is 7.13. The molecule has 0 spiro atoms. The van der Waals surface area contributed by atoms with E-state index in [9.17, 15) is 4.79 Å². The van der Waals surface area contributed by atoms with Crippen LogP contribution >= 0.6 is 23.7 Å². The molecule has 0 unspecified atom stereocenters. The van der Waals surface area contributed by atoms with Crippen molar-refractivity contribution in [3.8, 4) is 11.5 Å². The number of halogens is 1. The summed E-state index contributed by atoms with van der Waals surface area (Å²) in [6.07, 6.45) is 2.97. The zero-order valence-electron chi connectivity index (χ0n) is 14.7. The molecule has 138 valence electrons. The Morgan fingerprint density at radius 1 is 1.32 bits per heavy atom. The van der Waals surface area contributed by atoms with Crippen LogP contribution < -0.4 is 19.7 Å². The second kappa shape index (κ2) is 10.9. The number of methoxy groups -OCH3 is 2. The molecule has 2 aromatic rings. The number of aromatic nitrogens is 1. The molecule has 1 aromatic carbocycles. The summed E-state index contributed by atoms with van der Waals surface area (Å²) in [6, 6.07) is 5.60. The molecule has 0 saturated heterocycles. The zero-order chi connectivity index (χ0) is 17.4. The topological polar surface area (TPSA) is 63.7 Å². The maximum atomic E-state index is 12.6. The number of hydrogen-bond acceptors (Lipinski definition) is 6. The summed E-state index contributed by atoms with van der Waals surface area (Å²) >= 11 is 1.45. The van der Waals surface area contributed by atoms with Crippen LogP contribution in [0.3, 0.4) is 0 Å². The lowest BCUT2D eigenvalue weighted by Gasteiger charge is -2.21. The monoisotopic (exact) mass is 385 g/mol. The molecule has 25 heavy (non-hydrogen) atoms. The predicted molar refractivity (Wildman–Crippen MR) is 103 cm³/mol. The summed E-state index contributed by atoms with van der Waals surface area (Å²) < 4.78 is 10.7. The molecule has 1 amide bonds. The first-order chi connectivity index (χ1) is 11.7. The van der Waals surface area contributed by atoms with E-state index in [0.29, 0.717) is 23.8 Å². The van der Waals surface area contributed by atoms with Crippen molar-refractivity contribution >= 4 is 34.8 Å². The fraction of sp³-hybridized carbons (Fsp3) is 0.412. The Kier molecular flexibility index (Phi) is 9.26. The van der Waals surface area contributed by atoms with Gasteiger partial charge in [-0.25, -0.2) is 4.98 Å². The maximum absolute atomic E-state index is 12.6. The number of nitrogens with one attached hydrogen (secondary N) is 1. The second-order valence-corrected chi connectivity index (χ2v) is 6.05. The highest BCUT2D eigenvalue weighted by Crippen LogP contribution is 2.28. The van der Waals surface area contributed by atoms with Crippen LogP contribution in [0.4, 0.5) is 5.13 Å². The average molecular weight is 386 g/mol. The number of benzene rings is 1. The van der Waals surface area contributed by atoms with Crippen LogP contribution in [0.2, 0.25) is 0 Å². The minimum Gasteiger partial charge on any atom is -0.497 e. The molecule has 0 saturated carbocycles. The van der Waals surface area contributed by atoms with Crippen molar-refractivity contribution in [2.75, 3.05) is 32.7 Å². The quantitative estimate of drug-likeness (QED) is 0.672. The van der Waals surface area contributed by atoms with E-state index in [1.807, 2.05) is 30.6 Å². The van der Waals surface area contributed by atoms with Crippen molar-refractivity contribution in [1.29, 1.82) is 0 Å². The van der Waals surface area contributed by atoms with Crippen molar-refractivity contribution < 1.29 is 14.3 Å². The van der Waals surface area contributed by atoms with E-state index >= 15 is 0 Å². The first-order valence-corrected chi connectivity index (χ1v) is 8.63. The molecule has 6 nitrogen and oxygen atoms in total. The Labute approximate surface area is 158 Å². The van der Waals surface area contributed by atoms with Crippen LogP contribution in [-0.2, 0) is 11.3 Å². The number of carbonyl (C=O) groups is 1. The van der Waals surface area contributed by atoms with Crippen LogP contribution in [0.15, 0.2) is 29.8 Å². The lowest BCUT2D eigenvalue weighted by molar-refractivity contribution is -0.118. The van der Waals surface area contributed by atoms with Crippen LogP contribution in [-0.4, -0.2) is 38.7 Å². The van der Waals surface area contributed by atoms with Gasteiger partial charge in [0.25, 0.3) is 0 Å². The molecule has 8 heteroatoms. The van der Waals surface area contributed by atoms with Gasteiger partial charge in [-0.2, -0.15) is 0 Å².